The van der Waals surface area contributed by atoms with Gasteiger partial charge in [-0.1, -0.05) is 42.3 Å². The highest BCUT2D eigenvalue weighted by molar-refractivity contribution is 6.32. The van der Waals surface area contributed by atoms with Gasteiger partial charge < -0.3 is 69.7 Å². The smallest absolute Gasteiger partial charge is 0.408 e. The van der Waals surface area contributed by atoms with Gasteiger partial charge in [-0.3, -0.25) is 14.4 Å². The maximum atomic E-state index is 13.2. The molecule has 1 heterocycles. The molecule has 66 heavy (non-hydrogen) atoms. The van der Waals surface area contributed by atoms with E-state index >= 15 is 0 Å². The quantitative estimate of drug-likeness (QED) is 0.0406. The topological polar surface area (TPSA) is 276 Å². The van der Waals surface area contributed by atoms with Gasteiger partial charge in [0.05, 0.1) is 25.8 Å². The number of aliphatic hydroxyl groups excluding tert-OH is 3. The lowest BCUT2D eigenvalue weighted by Gasteiger charge is -2.40. The number of nitrogens with one attached hydrogen (secondary N) is 4. The molecule has 368 valence electrons. The summed E-state index contributed by atoms with van der Waals surface area (Å²) < 4.78 is 37.3. The number of alkyl carbamates (subject to hydrolysis) is 1. The summed E-state index contributed by atoms with van der Waals surface area (Å²) in [6, 6.07) is 9.07. The lowest BCUT2D eigenvalue weighted by Crippen LogP contribution is -2.60. The van der Waals surface area contributed by atoms with Crippen LogP contribution < -0.4 is 30.7 Å². The Morgan fingerprint density at radius 3 is 2.09 bits per heavy atom. The highest BCUT2D eigenvalue weighted by Gasteiger charge is 2.47. The van der Waals surface area contributed by atoms with E-state index in [1.54, 1.807) is 26.8 Å². The Balaban J connectivity index is 1.31. The number of methoxy groups -OCH3 is 3. The average Bonchev–Trinajstić information content (AvgIpc) is 3.28. The van der Waals surface area contributed by atoms with Gasteiger partial charge in [0.15, 0.2) is 12.4 Å². The number of benzene rings is 2. The van der Waals surface area contributed by atoms with Crippen LogP contribution in [0.15, 0.2) is 36.4 Å². The van der Waals surface area contributed by atoms with Gasteiger partial charge in [-0.2, -0.15) is 0 Å². The molecule has 0 aliphatic carbocycles. The average molecular weight is 953 g/mol. The van der Waals surface area contributed by atoms with Crippen LogP contribution in [0.4, 0.5) is 4.79 Å². The number of halogens is 1. The third-order valence-corrected chi connectivity index (χ3v) is 10.3. The van der Waals surface area contributed by atoms with E-state index in [1.165, 1.54) is 33.5 Å². The van der Waals surface area contributed by atoms with E-state index < -0.39 is 67.0 Å². The van der Waals surface area contributed by atoms with Crippen LogP contribution in [0.2, 0.25) is 5.02 Å². The first-order chi connectivity index (χ1) is 31.4. The molecule has 7 N–H and O–H groups in total. The highest BCUT2D eigenvalue weighted by atomic mass is 35.5. The molecule has 21 heteroatoms. The van der Waals surface area contributed by atoms with Crippen molar-refractivity contribution in [3.63, 3.8) is 0 Å². The number of rotatable bonds is 26. The zero-order valence-electron chi connectivity index (χ0n) is 38.4. The standard InChI is InChI=1S/C45H65ClN4O16/c1-45(2,3)66-44(59)50-31(42(58)61-5)15-9-11-20-47-35(52)16-8-7-10-19-48-36(53)17-18-37(54)49-24-27-13-12-14-28(21-27)26-63-33-23-32(60-4)29(22-30(33)46)41(57)65-40-39(56)38(55)34(25-51)64-43(40)62-6/h12-14,21-23,31,34,38-40,43,51,55-56H,7-11,15-20,24-26H2,1-6H3,(H,47,52)(H,48,53)(H,49,54)(H,50,59)/t31-,34+,38+,39-,40+,43-/m0/s1. The van der Waals surface area contributed by atoms with Crippen LogP contribution in [-0.2, 0) is 56.0 Å². The number of carbonyl (C=O) groups excluding carboxylic acids is 6. The second-order valence-corrected chi connectivity index (χ2v) is 16.8. The summed E-state index contributed by atoms with van der Waals surface area (Å²) in [5, 5.41) is 41.3. The van der Waals surface area contributed by atoms with Crippen molar-refractivity contribution in [2.75, 3.05) is 41.0 Å². The first kappa shape index (κ1) is 55.1. The molecule has 0 radical (unpaired) electrons. The summed E-state index contributed by atoms with van der Waals surface area (Å²) in [5.74, 6) is -1.96. The fourth-order valence-electron chi connectivity index (χ4n) is 6.57. The number of hydrogen-bond acceptors (Lipinski definition) is 16. The van der Waals surface area contributed by atoms with Gasteiger partial charge in [-0.25, -0.2) is 14.4 Å². The van der Waals surface area contributed by atoms with Crippen molar-refractivity contribution in [2.45, 2.75) is 134 Å². The van der Waals surface area contributed by atoms with Crippen LogP contribution in [-0.4, -0.2) is 134 Å². The van der Waals surface area contributed by atoms with Crippen molar-refractivity contribution in [3.05, 3.63) is 58.1 Å². The molecule has 2 aromatic carbocycles. The number of esters is 2. The van der Waals surface area contributed by atoms with Gasteiger partial charge in [0.2, 0.25) is 17.7 Å². The molecule has 2 aromatic rings. The first-order valence-corrected chi connectivity index (χ1v) is 22.1. The minimum absolute atomic E-state index is 0.00358. The Morgan fingerprint density at radius 2 is 1.45 bits per heavy atom. The highest BCUT2D eigenvalue weighted by Crippen LogP contribution is 2.35. The van der Waals surface area contributed by atoms with Gasteiger partial charge >= 0.3 is 18.0 Å². The number of hydrogen-bond donors (Lipinski definition) is 7. The third kappa shape index (κ3) is 18.9. The van der Waals surface area contributed by atoms with Crippen molar-refractivity contribution in [3.8, 4) is 11.5 Å². The molecule has 1 saturated heterocycles. The molecule has 6 atom stereocenters. The fourth-order valence-corrected chi connectivity index (χ4v) is 6.79. The van der Waals surface area contributed by atoms with Crippen LogP contribution in [0.25, 0.3) is 0 Å². The van der Waals surface area contributed by atoms with Crippen molar-refractivity contribution in [1.82, 2.24) is 21.3 Å². The van der Waals surface area contributed by atoms with Crippen LogP contribution >= 0.6 is 11.6 Å². The maximum absolute atomic E-state index is 13.2. The van der Waals surface area contributed by atoms with E-state index in [0.717, 1.165) is 17.5 Å². The monoisotopic (exact) mass is 952 g/mol. The molecular weight excluding hydrogens is 888 g/mol. The molecule has 4 amide bonds. The zero-order valence-corrected chi connectivity index (χ0v) is 39.1. The van der Waals surface area contributed by atoms with Gasteiger partial charge in [-0.15, -0.1) is 0 Å². The summed E-state index contributed by atoms with van der Waals surface area (Å²) in [5.41, 5.74) is 0.710. The molecule has 1 aliphatic heterocycles. The van der Waals surface area contributed by atoms with E-state index in [9.17, 15) is 44.1 Å². The number of unbranched alkanes of at least 4 members (excludes halogenated alkanes) is 3. The van der Waals surface area contributed by atoms with E-state index in [4.69, 9.17) is 44.8 Å². The van der Waals surface area contributed by atoms with E-state index in [-0.39, 0.29) is 65.8 Å². The van der Waals surface area contributed by atoms with Crippen molar-refractivity contribution in [1.29, 1.82) is 0 Å². The van der Waals surface area contributed by atoms with Gasteiger partial charge in [0, 0.05) is 52.1 Å². The first-order valence-electron chi connectivity index (χ1n) is 21.7. The molecule has 0 unspecified atom stereocenters. The number of ether oxygens (including phenoxy) is 7. The van der Waals surface area contributed by atoms with Crippen molar-refractivity contribution < 1.29 is 77.2 Å². The SMILES string of the molecule is COC(=O)[C@H](CCCCNC(=O)CCCCCNC(=O)CCC(=O)NCc1cccc(COc2cc(OC)c(C(=O)O[C@H]3[C@@H](OC)O[C@H](CO)[C@@H](O)[C@@H]3O)cc2Cl)c1)NC(=O)OC(C)(C)C. The van der Waals surface area contributed by atoms with Gasteiger partial charge in [0.1, 0.15) is 53.6 Å². The Bertz CT molecular complexity index is 1910. The molecule has 0 bridgehead atoms. The van der Waals surface area contributed by atoms with Crippen LogP contribution in [0.1, 0.15) is 100 Å². The molecule has 20 nitrogen and oxygen atoms in total. The molecule has 0 saturated carbocycles. The minimum atomic E-state index is -1.62. The van der Waals surface area contributed by atoms with Crippen LogP contribution in [0.3, 0.4) is 0 Å². The Kier molecular flexibility index (Phi) is 23.4. The molecule has 1 aliphatic rings. The molecule has 3 rings (SSSR count). The predicted octanol–water partition coefficient (Wildman–Crippen LogP) is 2.96. The van der Waals surface area contributed by atoms with Crippen LogP contribution in [0.5, 0.6) is 11.5 Å². The van der Waals surface area contributed by atoms with E-state index in [1.807, 2.05) is 18.2 Å². The second-order valence-electron chi connectivity index (χ2n) is 16.4. The summed E-state index contributed by atoms with van der Waals surface area (Å²) in [6.07, 6.45) is -3.89. The summed E-state index contributed by atoms with van der Waals surface area (Å²) in [7, 11) is 3.82. The maximum Gasteiger partial charge on any atom is 0.408 e. The second kappa shape index (κ2) is 28.0. The Hall–Kier alpha value is -5.25. The lowest BCUT2D eigenvalue weighted by atomic mass is 9.99. The third-order valence-electron chi connectivity index (χ3n) is 10.0. The number of carbonyl (C=O) groups is 6. The zero-order chi connectivity index (χ0) is 48.8. The largest absolute Gasteiger partial charge is 0.496 e. The summed E-state index contributed by atoms with van der Waals surface area (Å²) in [4.78, 5) is 74.4. The summed E-state index contributed by atoms with van der Waals surface area (Å²) >= 11 is 6.48. The minimum Gasteiger partial charge on any atom is -0.496 e. The van der Waals surface area contributed by atoms with Crippen molar-refractivity contribution >= 4 is 47.4 Å². The van der Waals surface area contributed by atoms with Gasteiger partial charge in [-0.05, 0) is 70.1 Å². The Morgan fingerprint density at radius 1 is 0.803 bits per heavy atom. The van der Waals surface area contributed by atoms with Gasteiger partial charge in [0.25, 0.3) is 0 Å². The normalized spacial score (nSPS) is 18.5. The lowest BCUT2D eigenvalue weighted by molar-refractivity contribution is -0.293. The molecule has 0 aromatic heterocycles. The van der Waals surface area contributed by atoms with Crippen LogP contribution in [0, 0.1) is 0 Å². The summed E-state index contributed by atoms with van der Waals surface area (Å²) in [6.45, 7) is 5.67. The number of aliphatic hydroxyl groups is 3. The molecule has 0 spiro atoms. The van der Waals surface area contributed by atoms with E-state index in [2.05, 4.69) is 21.3 Å². The van der Waals surface area contributed by atoms with E-state index in [0.29, 0.717) is 51.6 Å². The predicted molar refractivity (Wildman–Crippen MR) is 237 cm³/mol. The number of amides is 4. The molecule has 1 fully saturated rings. The fraction of sp³-hybridized carbons (Fsp3) is 0.600. The Labute approximate surface area is 389 Å². The molecular formula is C45H65ClN4O16. The van der Waals surface area contributed by atoms with Crippen molar-refractivity contribution in [2.24, 2.45) is 0 Å².